The van der Waals surface area contributed by atoms with Gasteiger partial charge in [0, 0.05) is 11.6 Å². The Morgan fingerprint density at radius 2 is 1.74 bits per heavy atom. The largest absolute Gasteiger partial charge is 0.462 e. The van der Waals surface area contributed by atoms with E-state index in [0.29, 0.717) is 18.6 Å². The molecule has 2 N–H and O–H groups in total. The number of aromatic nitrogens is 2. The van der Waals surface area contributed by atoms with E-state index in [2.05, 4.69) is 16.5 Å². The molecule has 0 unspecified atom stereocenters. The maximum Gasteiger partial charge on any atom is 0.355 e. The zero-order valence-corrected chi connectivity index (χ0v) is 13.8. The van der Waals surface area contributed by atoms with Crippen molar-refractivity contribution in [2.24, 2.45) is 0 Å². The summed E-state index contributed by atoms with van der Waals surface area (Å²) in [5.74, 6) is -0.994. The summed E-state index contributed by atoms with van der Waals surface area (Å²) in [6.07, 6.45) is 3.12. The SMILES string of the molecule is C=C(C)C(=O)OCCCCCCOC(=O)c1cc(=O)[nH]c(=S)[nH]1. The van der Waals surface area contributed by atoms with Crippen LogP contribution >= 0.6 is 12.2 Å². The van der Waals surface area contributed by atoms with Crippen molar-refractivity contribution in [2.75, 3.05) is 13.2 Å². The van der Waals surface area contributed by atoms with Gasteiger partial charge in [0.25, 0.3) is 5.56 Å². The maximum absolute atomic E-state index is 11.7. The van der Waals surface area contributed by atoms with E-state index in [1.807, 2.05) is 0 Å². The molecule has 0 saturated carbocycles. The first-order chi connectivity index (χ1) is 10.9. The number of ether oxygens (including phenoxy) is 2. The van der Waals surface area contributed by atoms with Gasteiger partial charge in [-0.2, -0.15) is 0 Å². The van der Waals surface area contributed by atoms with Crippen LogP contribution in [0, 0.1) is 4.77 Å². The molecule has 0 saturated heterocycles. The summed E-state index contributed by atoms with van der Waals surface area (Å²) in [4.78, 5) is 38.9. The Morgan fingerprint density at radius 1 is 1.13 bits per heavy atom. The smallest absolute Gasteiger partial charge is 0.355 e. The average Bonchev–Trinajstić information content (AvgIpc) is 2.48. The standard InChI is InChI=1S/C15H20N2O5S/c1-10(2)13(19)21-7-5-3-4-6-8-22-14(20)11-9-12(18)17-15(23)16-11/h9H,1,3-8H2,2H3,(H2,16,17,18,23). The summed E-state index contributed by atoms with van der Waals surface area (Å²) in [7, 11) is 0. The summed E-state index contributed by atoms with van der Waals surface area (Å²) < 4.78 is 10.1. The van der Waals surface area contributed by atoms with E-state index in [4.69, 9.17) is 21.7 Å². The molecule has 0 aliphatic heterocycles. The first-order valence-electron chi connectivity index (χ1n) is 7.23. The predicted octanol–water partition coefficient (Wildman–Crippen LogP) is 2.27. The molecule has 7 nitrogen and oxygen atoms in total. The van der Waals surface area contributed by atoms with Gasteiger partial charge in [-0.15, -0.1) is 0 Å². The number of esters is 2. The molecular formula is C15H20N2O5S. The molecule has 0 fully saturated rings. The van der Waals surface area contributed by atoms with Crippen molar-refractivity contribution >= 4 is 24.2 Å². The average molecular weight is 340 g/mol. The van der Waals surface area contributed by atoms with Gasteiger partial charge in [0.1, 0.15) is 5.69 Å². The quantitative estimate of drug-likeness (QED) is 0.309. The van der Waals surface area contributed by atoms with Gasteiger partial charge in [-0.25, -0.2) is 9.59 Å². The highest BCUT2D eigenvalue weighted by Gasteiger charge is 2.08. The molecule has 0 atom stereocenters. The lowest BCUT2D eigenvalue weighted by atomic mass is 10.2. The van der Waals surface area contributed by atoms with Crippen LogP contribution in [0.1, 0.15) is 43.1 Å². The van der Waals surface area contributed by atoms with Gasteiger partial charge in [-0.1, -0.05) is 6.58 Å². The van der Waals surface area contributed by atoms with E-state index in [9.17, 15) is 14.4 Å². The maximum atomic E-state index is 11.7. The molecule has 0 aliphatic rings. The van der Waals surface area contributed by atoms with E-state index >= 15 is 0 Å². The lowest BCUT2D eigenvalue weighted by molar-refractivity contribution is -0.139. The van der Waals surface area contributed by atoms with Gasteiger partial charge in [-0.05, 0) is 44.8 Å². The molecular weight excluding hydrogens is 320 g/mol. The fraction of sp³-hybridized carbons (Fsp3) is 0.467. The van der Waals surface area contributed by atoms with Gasteiger partial charge in [-0.3, -0.25) is 9.78 Å². The van der Waals surface area contributed by atoms with Crippen LogP contribution in [0.3, 0.4) is 0 Å². The topological polar surface area (TPSA) is 101 Å². The van der Waals surface area contributed by atoms with Crippen molar-refractivity contribution < 1.29 is 19.1 Å². The Kier molecular flexibility index (Phi) is 7.96. The molecule has 0 bridgehead atoms. The fourth-order valence-corrected chi connectivity index (χ4v) is 1.88. The van der Waals surface area contributed by atoms with Crippen molar-refractivity contribution in [3.05, 3.63) is 39.0 Å². The molecule has 0 spiro atoms. The van der Waals surface area contributed by atoms with Gasteiger partial charge in [0.15, 0.2) is 4.77 Å². The summed E-state index contributed by atoms with van der Waals surface area (Å²) >= 11 is 4.78. The van der Waals surface area contributed by atoms with Crippen LogP contribution in [0.2, 0.25) is 0 Å². The van der Waals surface area contributed by atoms with Crippen molar-refractivity contribution in [3.63, 3.8) is 0 Å². The Bertz CT molecular complexity index is 649. The van der Waals surface area contributed by atoms with Gasteiger partial charge in [0.2, 0.25) is 0 Å². The van der Waals surface area contributed by atoms with E-state index < -0.39 is 11.5 Å². The molecule has 1 heterocycles. The molecule has 1 rings (SSSR count). The zero-order chi connectivity index (χ0) is 17.2. The normalized spacial score (nSPS) is 10.1. The summed E-state index contributed by atoms with van der Waals surface area (Å²) in [5, 5.41) is 0. The number of rotatable bonds is 9. The van der Waals surface area contributed by atoms with Crippen molar-refractivity contribution in [3.8, 4) is 0 Å². The van der Waals surface area contributed by atoms with Crippen LogP contribution in [0.4, 0.5) is 0 Å². The first kappa shape index (κ1) is 18.8. The van der Waals surface area contributed by atoms with Crippen molar-refractivity contribution in [1.82, 2.24) is 9.97 Å². The van der Waals surface area contributed by atoms with Crippen molar-refractivity contribution in [2.45, 2.75) is 32.6 Å². The van der Waals surface area contributed by atoms with Crippen LogP contribution in [0.25, 0.3) is 0 Å². The minimum atomic E-state index is -0.613. The molecule has 23 heavy (non-hydrogen) atoms. The minimum absolute atomic E-state index is 0.0328. The number of hydrogen-bond acceptors (Lipinski definition) is 6. The Morgan fingerprint density at radius 3 is 2.30 bits per heavy atom. The Hall–Kier alpha value is -2.22. The van der Waals surface area contributed by atoms with Gasteiger partial charge in [0.05, 0.1) is 13.2 Å². The number of aromatic amines is 2. The van der Waals surface area contributed by atoms with E-state index in [1.54, 1.807) is 6.92 Å². The molecule has 0 amide bonds. The number of unbranched alkanes of at least 4 members (excludes halogenated alkanes) is 3. The third-order valence-corrected chi connectivity index (χ3v) is 3.04. The highest BCUT2D eigenvalue weighted by molar-refractivity contribution is 7.71. The molecule has 0 aromatic carbocycles. The highest BCUT2D eigenvalue weighted by atomic mass is 32.1. The lowest BCUT2D eigenvalue weighted by Crippen LogP contribution is -2.15. The molecule has 126 valence electrons. The van der Waals surface area contributed by atoms with E-state index in [0.717, 1.165) is 25.3 Å². The molecule has 1 aromatic heterocycles. The van der Waals surface area contributed by atoms with Gasteiger partial charge >= 0.3 is 11.9 Å². The highest BCUT2D eigenvalue weighted by Crippen LogP contribution is 2.03. The van der Waals surface area contributed by atoms with Crippen LogP contribution in [-0.2, 0) is 14.3 Å². The number of nitrogens with one attached hydrogen (secondary N) is 2. The van der Waals surface area contributed by atoms with Gasteiger partial charge < -0.3 is 14.5 Å². The fourth-order valence-electron chi connectivity index (χ4n) is 1.67. The predicted molar refractivity (Wildman–Crippen MR) is 86.8 cm³/mol. The monoisotopic (exact) mass is 340 g/mol. The van der Waals surface area contributed by atoms with Crippen LogP contribution < -0.4 is 5.56 Å². The van der Waals surface area contributed by atoms with E-state index in [1.165, 1.54) is 0 Å². The second kappa shape index (κ2) is 9.73. The first-order valence-corrected chi connectivity index (χ1v) is 7.64. The van der Waals surface area contributed by atoms with Crippen LogP contribution in [-0.4, -0.2) is 35.1 Å². The summed E-state index contributed by atoms with van der Waals surface area (Å²) in [6.45, 7) is 5.70. The number of carbonyl (C=O) groups excluding carboxylic acids is 2. The van der Waals surface area contributed by atoms with E-state index in [-0.39, 0.29) is 23.0 Å². The zero-order valence-electron chi connectivity index (χ0n) is 13.0. The lowest BCUT2D eigenvalue weighted by Gasteiger charge is -2.05. The van der Waals surface area contributed by atoms with Crippen LogP contribution in [0.15, 0.2) is 23.0 Å². The summed E-state index contributed by atoms with van der Waals surface area (Å²) in [6, 6.07) is 1.11. The number of H-pyrrole nitrogens is 2. The Balaban J connectivity index is 2.14. The molecule has 0 aliphatic carbocycles. The summed E-state index contributed by atoms with van der Waals surface area (Å²) in [5.41, 5.74) is -0.0360. The van der Waals surface area contributed by atoms with Crippen LogP contribution in [0.5, 0.6) is 0 Å². The minimum Gasteiger partial charge on any atom is -0.462 e. The molecule has 1 aromatic rings. The second-order valence-electron chi connectivity index (χ2n) is 4.97. The second-order valence-corrected chi connectivity index (χ2v) is 5.38. The third kappa shape index (κ3) is 7.55. The molecule has 0 radical (unpaired) electrons. The Labute approximate surface area is 138 Å². The number of carbonyl (C=O) groups is 2. The van der Waals surface area contributed by atoms with Crippen molar-refractivity contribution in [1.29, 1.82) is 0 Å². The third-order valence-electron chi connectivity index (χ3n) is 2.83. The number of hydrogen-bond donors (Lipinski definition) is 2. The molecule has 8 heteroatoms.